The van der Waals surface area contributed by atoms with E-state index in [0.717, 1.165) is 18.2 Å². The lowest BCUT2D eigenvalue weighted by Gasteiger charge is -2.13. The molecule has 0 heterocycles. The van der Waals surface area contributed by atoms with Gasteiger partial charge in [0.2, 0.25) is 5.91 Å². The molecule has 3 N–H and O–H groups in total. The van der Waals surface area contributed by atoms with Crippen LogP contribution in [0.25, 0.3) is 0 Å². The third-order valence-corrected chi connectivity index (χ3v) is 2.48. The molecule has 1 rings (SSSR count). The highest BCUT2D eigenvalue weighted by atomic mass is 19.1. The number of nitrogens with two attached hydrogens (primary N) is 1. The number of nitrogens with zero attached hydrogens (tertiary/aromatic N) is 2. The van der Waals surface area contributed by atoms with Crippen LogP contribution in [-0.4, -0.2) is 36.9 Å². The molecule has 0 spiro atoms. The zero-order chi connectivity index (χ0) is 14.4. The molecular formula is C12H16F2N4O. The Kier molecular flexibility index (Phi) is 5.23. The van der Waals surface area contributed by atoms with E-state index < -0.39 is 11.6 Å². The summed E-state index contributed by atoms with van der Waals surface area (Å²) < 4.78 is 26.2. The van der Waals surface area contributed by atoms with Gasteiger partial charge in [-0.15, -0.1) is 0 Å². The van der Waals surface area contributed by atoms with Crippen molar-refractivity contribution >= 4 is 17.6 Å². The molecule has 0 atom stereocenters. The first-order valence-electron chi connectivity index (χ1n) is 5.70. The lowest BCUT2D eigenvalue weighted by molar-refractivity contribution is -0.128. The van der Waals surface area contributed by atoms with E-state index in [0.29, 0.717) is 6.54 Å². The van der Waals surface area contributed by atoms with Crippen LogP contribution in [0.5, 0.6) is 0 Å². The monoisotopic (exact) mass is 270 g/mol. The van der Waals surface area contributed by atoms with E-state index in [-0.39, 0.29) is 24.1 Å². The van der Waals surface area contributed by atoms with Crippen LogP contribution >= 0.6 is 0 Å². The fourth-order valence-corrected chi connectivity index (χ4v) is 1.22. The Balaban J connectivity index is 2.66. The van der Waals surface area contributed by atoms with Gasteiger partial charge >= 0.3 is 0 Å². The molecule has 19 heavy (non-hydrogen) atoms. The smallest absolute Gasteiger partial charge is 0.244 e. The maximum Gasteiger partial charge on any atom is 0.244 e. The largest absolute Gasteiger partial charge is 0.370 e. The number of hydrogen-bond acceptors (Lipinski definition) is 2. The quantitative estimate of drug-likeness (QED) is 0.637. The SMILES string of the molecule is CCN(C)C(=O)CN=C(N)Nc1cc(F)ccc1F. The molecule has 104 valence electrons. The summed E-state index contributed by atoms with van der Waals surface area (Å²) in [5.41, 5.74) is 5.37. The standard InChI is InChI=1S/C12H16F2N4O/c1-3-18(2)11(19)7-16-12(15)17-10-6-8(13)4-5-9(10)14/h4-6H,3,7H2,1-2H3,(H3,15,16,17). The second-order valence-electron chi connectivity index (χ2n) is 3.86. The Bertz CT molecular complexity index is 491. The minimum atomic E-state index is -0.656. The van der Waals surface area contributed by atoms with Crippen LogP contribution < -0.4 is 11.1 Å². The van der Waals surface area contributed by atoms with Crippen molar-refractivity contribution in [2.45, 2.75) is 6.92 Å². The van der Waals surface area contributed by atoms with Crippen molar-refractivity contribution in [1.29, 1.82) is 0 Å². The number of likely N-dealkylation sites (N-methyl/N-ethyl adjacent to an activating group) is 1. The Morgan fingerprint density at radius 3 is 2.79 bits per heavy atom. The van der Waals surface area contributed by atoms with E-state index in [9.17, 15) is 13.6 Å². The van der Waals surface area contributed by atoms with Crippen LogP contribution in [-0.2, 0) is 4.79 Å². The van der Waals surface area contributed by atoms with Crippen LogP contribution in [0.3, 0.4) is 0 Å². The average Bonchev–Trinajstić information content (AvgIpc) is 2.39. The fraction of sp³-hybridized carbons (Fsp3) is 0.333. The minimum absolute atomic E-state index is 0.127. The molecule has 0 radical (unpaired) electrons. The summed E-state index contributed by atoms with van der Waals surface area (Å²) in [4.78, 5) is 16.7. The number of amides is 1. The molecular weight excluding hydrogens is 254 g/mol. The molecule has 1 amide bonds. The second kappa shape index (κ2) is 6.67. The molecule has 0 aliphatic rings. The molecule has 0 saturated carbocycles. The number of carbonyl (C=O) groups is 1. The molecule has 0 bridgehead atoms. The molecule has 0 aliphatic heterocycles. The highest BCUT2D eigenvalue weighted by molar-refractivity contribution is 5.93. The van der Waals surface area contributed by atoms with Gasteiger partial charge in [-0.1, -0.05) is 0 Å². The molecule has 1 aromatic carbocycles. The van der Waals surface area contributed by atoms with Gasteiger partial charge in [-0.25, -0.2) is 13.8 Å². The van der Waals surface area contributed by atoms with Crippen molar-refractivity contribution in [3.63, 3.8) is 0 Å². The summed E-state index contributed by atoms with van der Waals surface area (Å²) in [7, 11) is 1.63. The number of hydrogen-bond donors (Lipinski definition) is 2. The van der Waals surface area contributed by atoms with E-state index in [1.807, 2.05) is 6.92 Å². The van der Waals surface area contributed by atoms with Crippen molar-refractivity contribution in [3.05, 3.63) is 29.8 Å². The normalized spacial score (nSPS) is 11.3. The highest BCUT2D eigenvalue weighted by Crippen LogP contribution is 2.14. The highest BCUT2D eigenvalue weighted by Gasteiger charge is 2.07. The van der Waals surface area contributed by atoms with E-state index in [1.54, 1.807) is 7.05 Å². The first-order chi connectivity index (χ1) is 8.93. The minimum Gasteiger partial charge on any atom is -0.370 e. The van der Waals surface area contributed by atoms with Crippen molar-refractivity contribution in [2.75, 3.05) is 25.5 Å². The van der Waals surface area contributed by atoms with Gasteiger partial charge in [-0.3, -0.25) is 4.79 Å². The summed E-state index contributed by atoms with van der Waals surface area (Å²) in [5.74, 6) is -1.62. The van der Waals surface area contributed by atoms with Crippen molar-refractivity contribution in [3.8, 4) is 0 Å². The maximum atomic E-state index is 13.3. The first-order valence-corrected chi connectivity index (χ1v) is 5.70. The zero-order valence-electron chi connectivity index (χ0n) is 10.8. The zero-order valence-corrected chi connectivity index (χ0v) is 10.8. The molecule has 5 nitrogen and oxygen atoms in total. The maximum absolute atomic E-state index is 13.3. The van der Waals surface area contributed by atoms with Gasteiger partial charge in [-0.05, 0) is 19.1 Å². The average molecular weight is 270 g/mol. The summed E-state index contributed by atoms with van der Waals surface area (Å²) >= 11 is 0. The van der Waals surface area contributed by atoms with Crippen LogP contribution in [0.15, 0.2) is 23.2 Å². The van der Waals surface area contributed by atoms with Crippen LogP contribution in [0.1, 0.15) is 6.92 Å². The summed E-state index contributed by atoms with van der Waals surface area (Å²) in [6, 6.07) is 2.92. The Hall–Kier alpha value is -2.18. The van der Waals surface area contributed by atoms with Crippen LogP contribution in [0.4, 0.5) is 14.5 Å². The number of nitrogens with one attached hydrogen (secondary N) is 1. The fourth-order valence-electron chi connectivity index (χ4n) is 1.22. The number of anilines is 1. The number of rotatable bonds is 4. The van der Waals surface area contributed by atoms with Crippen molar-refractivity contribution < 1.29 is 13.6 Å². The predicted molar refractivity (Wildman–Crippen MR) is 69.8 cm³/mol. The Labute approximate surface area is 110 Å². The van der Waals surface area contributed by atoms with Crippen LogP contribution in [0.2, 0.25) is 0 Å². The topological polar surface area (TPSA) is 70.7 Å². The predicted octanol–water partition coefficient (Wildman–Crippen LogP) is 1.17. The Morgan fingerprint density at radius 1 is 1.47 bits per heavy atom. The van der Waals surface area contributed by atoms with Gasteiger partial charge in [0, 0.05) is 19.7 Å². The van der Waals surface area contributed by atoms with Gasteiger partial charge in [-0.2, -0.15) is 0 Å². The van der Waals surface area contributed by atoms with Crippen LogP contribution in [0, 0.1) is 11.6 Å². The van der Waals surface area contributed by atoms with E-state index in [1.165, 1.54) is 4.90 Å². The molecule has 7 heteroatoms. The van der Waals surface area contributed by atoms with E-state index >= 15 is 0 Å². The van der Waals surface area contributed by atoms with Gasteiger partial charge in [0.05, 0.1) is 5.69 Å². The van der Waals surface area contributed by atoms with E-state index in [4.69, 9.17) is 5.73 Å². The lowest BCUT2D eigenvalue weighted by atomic mass is 10.3. The molecule has 0 aromatic heterocycles. The number of guanidine groups is 1. The summed E-state index contributed by atoms with van der Waals surface area (Å²) in [6.07, 6.45) is 0. The first kappa shape index (κ1) is 14.9. The molecule has 0 unspecified atom stereocenters. The summed E-state index contributed by atoms with van der Waals surface area (Å²) in [6.45, 7) is 2.23. The third kappa shape index (κ3) is 4.53. The molecule has 0 saturated heterocycles. The lowest BCUT2D eigenvalue weighted by Crippen LogP contribution is -2.30. The van der Waals surface area contributed by atoms with Gasteiger partial charge in [0.1, 0.15) is 18.2 Å². The van der Waals surface area contributed by atoms with Crippen molar-refractivity contribution in [1.82, 2.24) is 4.90 Å². The van der Waals surface area contributed by atoms with E-state index in [2.05, 4.69) is 10.3 Å². The van der Waals surface area contributed by atoms with Gasteiger partial charge in [0.25, 0.3) is 0 Å². The number of halogens is 2. The second-order valence-corrected chi connectivity index (χ2v) is 3.86. The number of benzene rings is 1. The van der Waals surface area contributed by atoms with Gasteiger partial charge < -0.3 is 16.0 Å². The van der Waals surface area contributed by atoms with Gasteiger partial charge in [0.15, 0.2) is 5.96 Å². The number of aliphatic imine (C=N–C) groups is 1. The molecule has 0 fully saturated rings. The number of carbonyl (C=O) groups excluding carboxylic acids is 1. The molecule has 0 aliphatic carbocycles. The van der Waals surface area contributed by atoms with Crippen molar-refractivity contribution in [2.24, 2.45) is 10.7 Å². The Morgan fingerprint density at radius 2 is 2.16 bits per heavy atom. The third-order valence-electron chi connectivity index (χ3n) is 2.48. The molecule has 1 aromatic rings. The summed E-state index contributed by atoms with van der Waals surface area (Å²) in [5, 5.41) is 2.41.